The summed E-state index contributed by atoms with van der Waals surface area (Å²) in [6.07, 6.45) is 14.5. The van der Waals surface area contributed by atoms with Crippen LogP contribution in [0.5, 0.6) is 0 Å². The van der Waals surface area contributed by atoms with Gasteiger partial charge in [-0.05, 0) is 51.4 Å². The van der Waals surface area contributed by atoms with Gasteiger partial charge >= 0.3 is 23.9 Å². The van der Waals surface area contributed by atoms with E-state index in [1.807, 2.05) is 22.9 Å². The lowest BCUT2D eigenvalue weighted by Gasteiger charge is -2.18. The number of amides is 6. The Bertz CT molecular complexity index is 1800. The minimum atomic E-state index is -1.57. The molecule has 0 saturated heterocycles. The Labute approximate surface area is 490 Å². The van der Waals surface area contributed by atoms with E-state index in [0.717, 1.165) is 77.0 Å². The number of carboxylic acid groups (broad SMARTS) is 4. The first-order chi connectivity index (χ1) is 37.9. The fourth-order valence-electron chi connectivity index (χ4n) is 7.48. The maximum absolute atomic E-state index is 12.6. The second kappa shape index (κ2) is 50.6. The maximum atomic E-state index is 12.6. The molecular weight excluding hydrogens is 1270 g/mol. The van der Waals surface area contributed by atoms with Gasteiger partial charge < -0.3 is 71.3 Å². The molecule has 0 radical (unpaired) electrons. The molecule has 0 unspecified atom stereocenters. The van der Waals surface area contributed by atoms with Gasteiger partial charge in [-0.1, -0.05) is 77.0 Å². The smallest absolute Gasteiger partial charge is 0.326 e. The van der Waals surface area contributed by atoms with Gasteiger partial charge in [0.2, 0.25) is 39.2 Å². The summed E-state index contributed by atoms with van der Waals surface area (Å²) in [7, 11) is 0. The second-order valence-corrected chi connectivity index (χ2v) is 20.4. The standard InChI is InChI=1S/C51H87I2N7O19/c52-48(69)37(60-53)17-15-16-26-54-45(65)35-78-33-32-77-30-28-56-46(66)36-79-34-31-76-29-27-55-41(61)23-20-38(49(70)71)58-43(63)25-22-40(51(74)75)59-44(64)24-21-39(50(72)73)57-42(62)18-13-11-9-7-5-3-1-2-4-6-8-10-12-14-19-47(67)68/h37-40,60H,1-36H2,(H,54,65)(H,55,61)(H,56,66)(H,57,62)(H,58,63)(H,59,64)(H,67,68)(H,70,71)(H,72,73)(H,74,75)/t37-,38-,39-,40-/m0/s1. The number of rotatable bonds is 55. The molecule has 0 aromatic carbocycles. The van der Waals surface area contributed by atoms with Crippen molar-refractivity contribution in [2.45, 2.75) is 185 Å². The Kier molecular flexibility index (Phi) is 47.8. The van der Waals surface area contributed by atoms with Crippen LogP contribution in [0.25, 0.3) is 0 Å². The van der Waals surface area contributed by atoms with E-state index in [2.05, 4.69) is 35.4 Å². The summed E-state index contributed by atoms with van der Waals surface area (Å²) < 4.78 is 24.2. The molecule has 0 spiro atoms. The number of hydrogen-bond donors (Lipinski definition) is 11. The van der Waals surface area contributed by atoms with Gasteiger partial charge in [0.25, 0.3) is 0 Å². The molecule has 0 fully saturated rings. The monoisotopic (exact) mass is 1360 g/mol. The van der Waals surface area contributed by atoms with E-state index in [1.165, 1.54) is 19.3 Å². The third-order valence-electron chi connectivity index (χ3n) is 11.9. The summed E-state index contributed by atoms with van der Waals surface area (Å²) in [4.78, 5) is 131. The first-order valence-electron chi connectivity index (χ1n) is 27.3. The van der Waals surface area contributed by atoms with Gasteiger partial charge in [0.1, 0.15) is 31.3 Å². The fourth-order valence-corrected chi connectivity index (χ4v) is 9.14. The van der Waals surface area contributed by atoms with Crippen LogP contribution in [-0.2, 0) is 71.7 Å². The van der Waals surface area contributed by atoms with Crippen LogP contribution >= 0.6 is 45.5 Å². The van der Waals surface area contributed by atoms with Crippen LogP contribution in [0.1, 0.15) is 161 Å². The van der Waals surface area contributed by atoms with E-state index < -0.39 is 84.9 Å². The Morgan fingerprint density at radius 3 is 1.06 bits per heavy atom. The number of halogens is 2. The molecule has 28 heteroatoms. The Balaban J connectivity index is 4.15. The molecule has 4 atom stereocenters. The maximum Gasteiger partial charge on any atom is 0.326 e. The van der Waals surface area contributed by atoms with Crippen LogP contribution in [-0.4, -0.2) is 180 Å². The van der Waals surface area contributed by atoms with Crippen molar-refractivity contribution >= 4 is 109 Å². The van der Waals surface area contributed by atoms with Gasteiger partial charge in [-0.25, -0.2) is 17.9 Å². The number of carbonyl (C=O) groups is 11. The van der Waals surface area contributed by atoms with Crippen molar-refractivity contribution in [1.29, 1.82) is 0 Å². The molecule has 0 aliphatic heterocycles. The summed E-state index contributed by atoms with van der Waals surface area (Å²) in [5, 5.41) is 52.4. The Hall–Kier alpha value is -4.37. The Morgan fingerprint density at radius 2 is 0.684 bits per heavy atom. The first-order valence-corrected chi connectivity index (χ1v) is 29.5. The lowest BCUT2D eigenvalue weighted by atomic mass is 10.0. The van der Waals surface area contributed by atoms with Crippen molar-refractivity contribution in [1.82, 2.24) is 35.4 Å². The summed E-state index contributed by atoms with van der Waals surface area (Å²) in [6.45, 7) is 1.35. The average Bonchev–Trinajstić information content (AvgIpc) is 3.39. The highest BCUT2D eigenvalue weighted by Crippen LogP contribution is 2.14. The average molecular weight is 1360 g/mol. The molecule has 0 heterocycles. The zero-order chi connectivity index (χ0) is 58.9. The fraction of sp³-hybridized carbons (Fsp3) is 0.784. The molecule has 0 aromatic rings. The SMILES string of the molecule is O=C(O)CCCCCCCCCCCCCCCCC(=O)N[C@@H](CCC(=O)N[C@@H](CCC(=O)N[C@@H](CCC(=O)NCCOCCOCC(=O)NCCOCCOCC(=O)NCCCC[C@H](NI)C(=O)I)C(=O)O)C(=O)O)C(=O)O. The van der Waals surface area contributed by atoms with E-state index in [-0.39, 0.29) is 120 Å². The quantitative estimate of drug-likeness (QED) is 0.0180. The van der Waals surface area contributed by atoms with Crippen molar-refractivity contribution in [2.75, 3.05) is 72.5 Å². The predicted octanol–water partition coefficient (Wildman–Crippen LogP) is 3.22. The largest absolute Gasteiger partial charge is 0.481 e. The molecule has 454 valence electrons. The van der Waals surface area contributed by atoms with Gasteiger partial charge in [-0.3, -0.25) is 38.4 Å². The number of carbonyl (C=O) groups excluding carboxylic acids is 7. The topological polar surface area (TPSA) is 390 Å². The van der Waals surface area contributed by atoms with Gasteiger partial charge in [-0.15, -0.1) is 0 Å². The zero-order valence-electron chi connectivity index (χ0n) is 45.4. The minimum absolute atomic E-state index is 0.0442. The summed E-state index contributed by atoms with van der Waals surface area (Å²) in [5.74, 6) is -8.35. The number of unbranched alkanes of at least 4 members (excludes halogenated alkanes) is 14. The molecule has 0 aliphatic rings. The normalized spacial score (nSPS) is 12.5. The van der Waals surface area contributed by atoms with Gasteiger partial charge in [0.05, 0.1) is 45.7 Å². The van der Waals surface area contributed by atoms with E-state index >= 15 is 0 Å². The highest BCUT2D eigenvalue weighted by Gasteiger charge is 2.26. The van der Waals surface area contributed by atoms with Crippen LogP contribution in [0.3, 0.4) is 0 Å². The van der Waals surface area contributed by atoms with E-state index in [4.69, 9.17) is 24.1 Å². The van der Waals surface area contributed by atoms with Gasteiger partial charge in [0, 0.05) is 97.2 Å². The number of nitrogens with one attached hydrogen (secondary N) is 7. The summed E-state index contributed by atoms with van der Waals surface area (Å²) >= 11 is 3.71. The lowest BCUT2D eigenvalue weighted by Crippen LogP contribution is -2.45. The molecule has 0 aliphatic carbocycles. The third-order valence-corrected chi connectivity index (χ3v) is 13.4. The predicted molar refractivity (Wildman–Crippen MR) is 304 cm³/mol. The second-order valence-electron chi connectivity index (χ2n) is 18.7. The molecule has 0 saturated carbocycles. The highest BCUT2D eigenvalue weighted by molar-refractivity contribution is 14.1. The van der Waals surface area contributed by atoms with Crippen LogP contribution < -0.4 is 35.4 Å². The van der Waals surface area contributed by atoms with Crippen molar-refractivity contribution in [3.05, 3.63) is 0 Å². The molecular formula is C51H87I2N7O19. The lowest BCUT2D eigenvalue weighted by molar-refractivity contribution is -0.144. The molecule has 11 N–H and O–H groups in total. The number of hydrogen-bond acceptors (Lipinski definition) is 16. The van der Waals surface area contributed by atoms with Crippen LogP contribution in [0, 0.1) is 0 Å². The van der Waals surface area contributed by atoms with E-state index in [1.54, 1.807) is 22.6 Å². The third kappa shape index (κ3) is 47.0. The van der Waals surface area contributed by atoms with Crippen molar-refractivity contribution in [3.63, 3.8) is 0 Å². The molecule has 6 amide bonds. The number of ether oxygens (including phenoxy) is 4. The Morgan fingerprint density at radius 1 is 0.342 bits per heavy atom. The highest BCUT2D eigenvalue weighted by atomic mass is 127. The van der Waals surface area contributed by atoms with E-state index in [9.17, 15) is 68.1 Å². The molecule has 0 rings (SSSR count). The number of carboxylic acids is 4. The number of aliphatic carboxylic acids is 4. The van der Waals surface area contributed by atoms with Crippen molar-refractivity contribution in [3.8, 4) is 0 Å². The molecule has 79 heavy (non-hydrogen) atoms. The molecule has 0 aromatic heterocycles. The van der Waals surface area contributed by atoms with Gasteiger partial charge in [0.15, 0.2) is 0 Å². The zero-order valence-corrected chi connectivity index (χ0v) is 49.7. The van der Waals surface area contributed by atoms with E-state index in [0.29, 0.717) is 19.4 Å². The first kappa shape index (κ1) is 74.6. The van der Waals surface area contributed by atoms with Crippen LogP contribution in [0.2, 0.25) is 0 Å². The van der Waals surface area contributed by atoms with Crippen molar-refractivity contribution < 1.29 is 92.1 Å². The summed E-state index contributed by atoms with van der Waals surface area (Å²) in [5.41, 5.74) is 0. The summed E-state index contributed by atoms with van der Waals surface area (Å²) in [6, 6.07) is -4.64. The van der Waals surface area contributed by atoms with Crippen LogP contribution in [0.4, 0.5) is 0 Å². The molecule has 26 nitrogen and oxygen atoms in total. The van der Waals surface area contributed by atoms with Crippen molar-refractivity contribution in [2.24, 2.45) is 0 Å². The minimum Gasteiger partial charge on any atom is -0.481 e. The molecule has 0 bridgehead atoms. The van der Waals surface area contributed by atoms with Gasteiger partial charge in [-0.2, -0.15) is 0 Å². The van der Waals surface area contributed by atoms with Crippen LogP contribution in [0.15, 0.2) is 0 Å².